The van der Waals surface area contributed by atoms with Gasteiger partial charge in [0.15, 0.2) is 23.3 Å². The summed E-state index contributed by atoms with van der Waals surface area (Å²) in [4.78, 5) is -2.63. The van der Waals surface area contributed by atoms with Gasteiger partial charge in [-0.25, -0.2) is 17.6 Å². The summed E-state index contributed by atoms with van der Waals surface area (Å²) < 4.78 is 87.3. The largest absolute Gasteiger partial charge is 0.204 e. The highest BCUT2D eigenvalue weighted by molar-refractivity contribution is 8.41. The maximum atomic E-state index is 16.2. The number of halogens is 6. The van der Waals surface area contributed by atoms with Gasteiger partial charge < -0.3 is 0 Å². The minimum atomic E-state index is -6.54. The van der Waals surface area contributed by atoms with Crippen LogP contribution >= 0.6 is 9.93 Å². The molecule has 0 bridgehead atoms. The van der Waals surface area contributed by atoms with Gasteiger partial charge in [0.05, 0.1) is 4.90 Å². The lowest BCUT2D eigenvalue weighted by Crippen LogP contribution is -2.13. The van der Waals surface area contributed by atoms with Crippen molar-refractivity contribution >= 4 is 9.93 Å². The SMILES string of the molecule is Fc1cc([SH](F)(F)(c2ccccc2)c2ccccc2)c(F)c(F)c1F. The van der Waals surface area contributed by atoms with E-state index >= 15 is 7.77 Å². The Bertz CT molecular complexity index is 882. The van der Waals surface area contributed by atoms with Gasteiger partial charge in [-0.05, 0) is 30.3 Å². The van der Waals surface area contributed by atoms with Crippen molar-refractivity contribution in [2.24, 2.45) is 0 Å². The average molecular weight is 374 g/mol. The fourth-order valence-electron chi connectivity index (χ4n) is 2.65. The summed E-state index contributed by atoms with van der Waals surface area (Å²) in [6.45, 7) is 0. The average Bonchev–Trinajstić information content (AvgIpc) is 2.64. The standard InChI is InChI=1S/C18H12F6S/c19-14-11-15(17(21)18(22)16(14)20)25(23,24,12-7-3-1-4-8-12)13-9-5-2-6-10-13/h1-11,25H. The van der Waals surface area contributed by atoms with E-state index in [1.54, 1.807) is 0 Å². The Kier molecular flexibility index (Phi) is 4.07. The van der Waals surface area contributed by atoms with E-state index in [0.717, 1.165) is 24.3 Å². The van der Waals surface area contributed by atoms with Crippen molar-refractivity contribution in [3.63, 3.8) is 0 Å². The van der Waals surface area contributed by atoms with Gasteiger partial charge in [0.2, 0.25) is 0 Å². The lowest BCUT2D eigenvalue weighted by Gasteiger charge is -2.47. The Hall–Kier alpha value is -2.41. The molecule has 0 aliphatic heterocycles. The first-order valence-corrected chi connectivity index (χ1v) is 9.18. The molecule has 0 N–H and O–H groups in total. The number of hydrogen-bond donors (Lipinski definition) is 1. The summed E-state index contributed by atoms with van der Waals surface area (Å²) >= 11 is 0. The molecule has 0 aliphatic carbocycles. The van der Waals surface area contributed by atoms with Crippen LogP contribution in [0, 0.1) is 23.3 Å². The summed E-state index contributed by atoms with van der Waals surface area (Å²) in [6, 6.07) is 12.5. The summed E-state index contributed by atoms with van der Waals surface area (Å²) in [7, 11) is -6.54. The molecule has 0 nitrogen and oxygen atoms in total. The van der Waals surface area contributed by atoms with Crippen molar-refractivity contribution in [2.75, 3.05) is 0 Å². The maximum absolute atomic E-state index is 16.2. The first-order chi connectivity index (χ1) is 11.8. The summed E-state index contributed by atoms with van der Waals surface area (Å²) in [5.41, 5.74) is 0. The van der Waals surface area contributed by atoms with E-state index in [4.69, 9.17) is 0 Å². The molecule has 0 heterocycles. The Labute approximate surface area is 140 Å². The summed E-state index contributed by atoms with van der Waals surface area (Å²) in [5, 5.41) is 0. The van der Waals surface area contributed by atoms with Crippen LogP contribution in [0.5, 0.6) is 0 Å². The molecule has 0 radical (unpaired) electrons. The van der Waals surface area contributed by atoms with Crippen molar-refractivity contribution in [3.05, 3.63) is 90.0 Å². The highest BCUT2D eigenvalue weighted by Crippen LogP contribution is 2.88. The minimum Gasteiger partial charge on any atom is -0.204 e. The Morgan fingerprint density at radius 3 is 1.44 bits per heavy atom. The van der Waals surface area contributed by atoms with Crippen LogP contribution in [0.15, 0.2) is 81.4 Å². The van der Waals surface area contributed by atoms with Gasteiger partial charge in [0.1, 0.15) is 0 Å². The molecule has 25 heavy (non-hydrogen) atoms. The molecule has 3 rings (SSSR count). The molecule has 0 amide bonds. The van der Waals surface area contributed by atoms with Gasteiger partial charge in [-0.15, -0.1) is 0 Å². The van der Waals surface area contributed by atoms with E-state index in [1.807, 2.05) is 0 Å². The Morgan fingerprint density at radius 2 is 1.00 bits per heavy atom. The van der Waals surface area contributed by atoms with Crippen molar-refractivity contribution < 1.29 is 25.3 Å². The molecule has 0 fully saturated rings. The molecule has 0 saturated heterocycles. The van der Waals surface area contributed by atoms with Gasteiger partial charge in [-0.3, -0.25) is 0 Å². The molecule has 0 saturated carbocycles. The molecule has 0 spiro atoms. The molecule has 132 valence electrons. The van der Waals surface area contributed by atoms with E-state index in [1.165, 1.54) is 36.4 Å². The normalized spacial score (nSPS) is 13.3. The highest BCUT2D eigenvalue weighted by Gasteiger charge is 2.49. The zero-order valence-electron chi connectivity index (χ0n) is 12.6. The zero-order valence-corrected chi connectivity index (χ0v) is 13.5. The molecule has 0 aromatic heterocycles. The first kappa shape index (κ1) is 17.4. The van der Waals surface area contributed by atoms with Gasteiger partial charge in [0, 0.05) is 19.7 Å². The first-order valence-electron chi connectivity index (χ1n) is 7.16. The molecule has 3 aromatic rings. The summed E-state index contributed by atoms with van der Waals surface area (Å²) in [6.07, 6.45) is 0. The monoisotopic (exact) mass is 374 g/mol. The third kappa shape index (κ3) is 2.50. The predicted molar refractivity (Wildman–Crippen MR) is 85.2 cm³/mol. The van der Waals surface area contributed by atoms with Crippen molar-refractivity contribution in [1.29, 1.82) is 0 Å². The minimum absolute atomic E-state index is 0.0472. The van der Waals surface area contributed by atoms with Crippen LogP contribution in [0.3, 0.4) is 0 Å². The second-order valence-corrected chi connectivity index (χ2v) is 8.72. The van der Waals surface area contributed by atoms with E-state index in [-0.39, 0.29) is 6.07 Å². The van der Waals surface area contributed by atoms with Crippen molar-refractivity contribution in [1.82, 2.24) is 0 Å². The third-order valence-electron chi connectivity index (χ3n) is 3.93. The third-order valence-corrected chi connectivity index (χ3v) is 7.51. The van der Waals surface area contributed by atoms with Gasteiger partial charge in [-0.1, -0.05) is 36.4 Å². The molecule has 0 atom stereocenters. The second-order valence-electron chi connectivity index (χ2n) is 5.40. The summed E-state index contributed by atoms with van der Waals surface area (Å²) in [5.74, 6) is -8.34. The fourth-order valence-corrected chi connectivity index (χ4v) is 5.68. The highest BCUT2D eigenvalue weighted by atomic mass is 32.4. The maximum Gasteiger partial charge on any atom is 0.198 e. The number of benzene rings is 3. The lowest BCUT2D eigenvalue weighted by atomic mass is 10.3. The smallest absolute Gasteiger partial charge is 0.198 e. The van der Waals surface area contributed by atoms with E-state index < -0.39 is 47.9 Å². The Morgan fingerprint density at radius 1 is 0.560 bits per heavy atom. The number of thiol groups is 1. The van der Waals surface area contributed by atoms with Crippen molar-refractivity contribution in [3.8, 4) is 0 Å². The molecule has 0 unspecified atom stereocenters. The predicted octanol–water partition coefficient (Wildman–Crippen LogP) is 6.56. The molecule has 0 aliphatic rings. The topological polar surface area (TPSA) is 0 Å². The number of rotatable bonds is 3. The van der Waals surface area contributed by atoms with E-state index in [2.05, 4.69) is 0 Å². The van der Waals surface area contributed by atoms with E-state index in [0.29, 0.717) is 0 Å². The Balaban J connectivity index is 2.48. The van der Waals surface area contributed by atoms with Crippen LogP contribution in [-0.2, 0) is 0 Å². The van der Waals surface area contributed by atoms with Crippen LogP contribution in [0.1, 0.15) is 0 Å². The lowest BCUT2D eigenvalue weighted by molar-refractivity contribution is 0.395. The number of hydrogen-bond acceptors (Lipinski definition) is 0. The molecular weight excluding hydrogens is 362 g/mol. The van der Waals surface area contributed by atoms with Crippen LogP contribution in [0.4, 0.5) is 25.3 Å². The molecular formula is C18H12F6S. The second kappa shape index (κ2) is 5.84. The zero-order chi connectivity index (χ0) is 18.3. The molecule has 3 aromatic carbocycles. The van der Waals surface area contributed by atoms with E-state index in [9.17, 15) is 17.6 Å². The quantitative estimate of drug-likeness (QED) is 0.228. The van der Waals surface area contributed by atoms with Gasteiger partial charge in [-0.2, -0.15) is 7.77 Å². The van der Waals surface area contributed by atoms with Crippen LogP contribution in [0.25, 0.3) is 0 Å². The van der Waals surface area contributed by atoms with Gasteiger partial charge >= 0.3 is 0 Å². The van der Waals surface area contributed by atoms with Crippen LogP contribution in [0.2, 0.25) is 0 Å². The van der Waals surface area contributed by atoms with Crippen LogP contribution < -0.4 is 0 Å². The van der Waals surface area contributed by atoms with Gasteiger partial charge in [0.25, 0.3) is 0 Å². The van der Waals surface area contributed by atoms with Crippen molar-refractivity contribution in [2.45, 2.75) is 14.7 Å². The van der Waals surface area contributed by atoms with Crippen LogP contribution in [-0.4, -0.2) is 0 Å². The molecule has 7 heteroatoms. The fraction of sp³-hybridized carbons (Fsp3) is 0.